The van der Waals surface area contributed by atoms with Gasteiger partial charge in [-0.15, -0.1) is 0 Å². The minimum atomic E-state index is -0.134. The van der Waals surface area contributed by atoms with Gasteiger partial charge >= 0.3 is 0 Å². The minimum absolute atomic E-state index is 0.134. The van der Waals surface area contributed by atoms with Crippen molar-refractivity contribution in [3.05, 3.63) is 252 Å². The first-order valence-corrected chi connectivity index (χ1v) is 32.9. The van der Waals surface area contributed by atoms with E-state index in [4.69, 9.17) is 4.42 Å². The molecule has 15 rings (SSSR count). The number of para-hydroxylation sites is 3. The van der Waals surface area contributed by atoms with E-state index in [1.54, 1.807) is 0 Å². The van der Waals surface area contributed by atoms with Crippen molar-refractivity contribution in [3.63, 3.8) is 0 Å². The van der Waals surface area contributed by atoms with Crippen molar-refractivity contribution in [2.45, 2.75) is 124 Å². The Morgan fingerprint density at radius 1 is 0.483 bits per heavy atom. The summed E-state index contributed by atoms with van der Waals surface area (Å²) in [6.07, 6.45) is 19.6. The van der Waals surface area contributed by atoms with Gasteiger partial charge in [0.15, 0.2) is 5.58 Å². The van der Waals surface area contributed by atoms with E-state index >= 15 is 0 Å². The van der Waals surface area contributed by atoms with Gasteiger partial charge in [0.05, 0.1) is 22.7 Å². The number of aromatic hydroxyl groups is 1. The van der Waals surface area contributed by atoms with Crippen molar-refractivity contribution in [1.82, 2.24) is 0 Å². The van der Waals surface area contributed by atoms with Gasteiger partial charge in [-0.3, -0.25) is 0 Å². The van der Waals surface area contributed by atoms with E-state index in [9.17, 15) is 5.11 Å². The molecule has 89 heavy (non-hydrogen) atoms. The van der Waals surface area contributed by atoms with Crippen LogP contribution in [0.3, 0.4) is 0 Å². The topological polar surface area (TPSA) is 39.9 Å². The quantitative estimate of drug-likeness (QED) is 0.117. The Morgan fingerprint density at radius 2 is 1.03 bits per heavy atom. The van der Waals surface area contributed by atoms with Crippen LogP contribution in [-0.2, 0) is 0 Å². The summed E-state index contributed by atoms with van der Waals surface area (Å²) in [5.41, 5.74) is 20.8. The number of anilines is 5. The summed E-state index contributed by atoms with van der Waals surface area (Å²) in [7, 11) is 0. The lowest BCUT2D eigenvalue weighted by molar-refractivity contribution is 0.478. The van der Waals surface area contributed by atoms with Gasteiger partial charge in [0.25, 0.3) is 0 Å². The molecule has 442 valence electrons. The molecule has 0 saturated heterocycles. The standard InChI is InChI=1S/C85H80N2O2/c1-53(2)55(4)59-31-20-36-63(49-59)87(77-43-23-41-71-70-40-21-39-67(83(70)89-84(71)77)56-25-9-8-10-26-56)79-52-75(58-29-14-15-30-58)69-44-46-72-78(51-74(57-27-12-13-28-57)68-45-47-73(79)81(69)80(68)72)86(64-35-17-16-34-62(50-64)85(5,6)7)76-42-22-38-66(82(76)88)61-33-19-32-60(48-61)65-37-18-11-24-54(65)3/h8-11,16,18-26,31-53,55,57-58,88H,12-15,17,27-30H2,1-7H3. The molecule has 4 nitrogen and oxygen atoms in total. The summed E-state index contributed by atoms with van der Waals surface area (Å²) in [4.78, 5) is 5.00. The molecule has 0 spiro atoms. The van der Waals surface area contributed by atoms with Crippen molar-refractivity contribution in [3.8, 4) is 39.1 Å². The predicted octanol–water partition coefficient (Wildman–Crippen LogP) is 25.0. The molecule has 0 bridgehead atoms. The van der Waals surface area contributed by atoms with Crippen LogP contribution >= 0.6 is 0 Å². The van der Waals surface area contributed by atoms with Gasteiger partial charge in [-0.2, -0.15) is 0 Å². The average molecular weight is 1160 g/mol. The number of phenols is 1. The van der Waals surface area contributed by atoms with Gasteiger partial charge in [-0.1, -0.05) is 237 Å². The zero-order valence-corrected chi connectivity index (χ0v) is 52.7. The van der Waals surface area contributed by atoms with Gasteiger partial charge in [-0.05, 0) is 188 Å². The summed E-state index contributed by atoms with van der Waals surface area (Å²) in [5, 5.41) is 23.3. The highest BCUT2D eigenvalue weighted by molar-refractivity contribution is 6.30. The first kappa shape index (κ1) is 56.4. The molecule has 11 aromatic carbocycles. The Bertz CT molecular complexity index is 4780. The minimum Gasteiger partial charge on any atom is -0.505 e. The molecule has 0 radical (unpaired) electrons. The molecule has 1 atom stereocenters. The van der Waals surface area contributed by atoms with Gasteiger partial charge in [0, 0.05) is 44.1 Å². The van der Waals surface area contributed by atoms with E-state index in [0.717, 1.165) is 116 Å². The second-order valence-electron chi connectivity index (χ2n) is 27.3. The molecular weight excluding hydrogens is 1080 g/mol. The molecule has 4 heteroatoms. The zero-order chi connectivity index (χ0) is 60.7. The summed E-state index contributed by atoms with van der Waals surface area (Å²) in [5.74, 6) is 1.85. The van der Waals surface area contributed by atoms with Crippen molar-refractivity contribution >= 4 is 82.7 Å². The third-order valence-corrected chi connectivity index (χ3v) is 20.5. The maximum absolute atomic E-state index is 13.4. The normalized spacial score (nSPS) is 15.5. The lowest BCUT2D eigenvalue weighted by Gasteiger charge is -2.33. The fourth-order valence-electron chi connectivity index (χ4n) is 15.5. The first-order chi connectivity index (χ1) is 43.4. The predicted molar refractivity (Wildman–Crippen MR) is 378 cm³/mol. The second-order valence-corrected chi connectivity index (χ2v) is 27.3. The molecule has 2 fully saturated rings. The summed E-state index contributed by atoms with van der Waals surface area (Å²) in [6, 6.07) is 72.1. The molecule has 0 amide bonds. The molecule has 1 aromatic heterocycles. The van der Waals surface area contributed by atoms with Crippen LogP contribution < -0.4 is 9.80 Å². The Labute approximate surface area is 525 Å². The summed E-state index contributed by atoms with van der Waals surface area (Å²) in [6.45, 7) is 16.2. The van der Waals surface area contributed by atoms with E-state index in [1.165, 1.54) is 91.4 Å². The average Bonchev–Trinajstić information content (AvgIpc) is 1.20. The van der Waals surface area contributed by atoms with Crippen LogP contribution in [0.15, 0.2) is 234 Å². The molecule has 3 aliphatic rings. The van der Waals surface area contributed by atoms with Crippen LogP contribution in [0.4, 0.5) is 28.4 Å². The fourth-order valence-corrected chi connectivity index (χ4v) is 15.5. The third kappa shape index (κ3) is 9.91. The van der Waals surface area contributed by atoms with E-state index < -0.39 is 0 Å². The highest BCUT2D eigenvalue weighted by Gasteiger charge is 2.33. The summed E-state index contributed by atoms with van der Waals surface area (Å²) >= 11 is 0. The first-order valence-electron chi connectivity index (χ1n) is 32.9. The maximum Gasteiger partial charge on any atom is 0.159 e. The van der Waals surface area contributed by atoms with Crippen LogP contribution in [-0.4, -0.2) is 5.11 Å². The largest absolute Gasteiger partial charge is 0.505 e. The van der Waals surface area contributed by atoms with Gasteiger partial charge in [-0.25, -0.2) is 0 Å². The molecule has 1 heterocycles. The Hall–Kier alpha value is -9.12. The van der Waals surface area contributed by atoms with Gasteiger partial charge in [0.2, 0.25) is 0 Å². The molecule has 3 aliphatic carbocycles. The van der Waals surface area contributed by atoms with Crippen LogP contribution in [0, 0.1) is 18.3 Å². The molecule has 1 N–H and O–H groups in total. The summed E-state index contributed by atoms with van der Waals surface area (Å²) < 4.78 is 7.41. The van der Waals surface area contributed by atoms with Gasteiger partial charge < -0.3 is 19.3 Å². The Balaban J connectivity index is 1.03. The number of nitrogens with zero attached hydrogens (tertiary/aromatic N) is 2. The maximum atomic E-state index is 13.4. The van der Waals surface area contributed by atoms with Crippen LogP contribution in [0.1, 0.15) is 139 Å². The number of aryl methyl sites for hydroxylation is 1. The number of hydrogen-bond acceptors (Lipinski definition) is 4. The molecule has 1 unspecified atom stereocenters. The zero-order valence-electron chi connectivity index (χ0n) is 52.7. The second kappa shape index (κ2) is 22.8. The number of rotatable bonds is 13. The van der Waals surface area contributed by atoms with Crippen LogP contribution in [0.25, 0.3) is 87.6 Å². The fraction of sp³-hybridized carbons (Fsp3) is 0.247. The number of benzene rings is 11. The number of hydrogen-bond donors (Lipinski definition) is 1. The van der Waals surface area contributed by atoms with E-state index in [2.05, 4.69) is 277 Å². The van der Waals surface area contributed by atoms with Crippen LogP contribution in [0.2, 0.25) is 0 Å². The monoisotopic (exact) mass is 1160 g/mol. The molecular formula is C85H80N2O2. The lowest BCUT2D eigenvalue weighted by Crippen LogP contribution is -2.18. The third-order valence-electron chi connectivity index (χ3n) is 20.5. The number of allylic oxidation sites excluding steroid dienone is 5. The molecule has 2 saturated carbocycles. The Morgan fingerprint density at radius 3 is 1.71 bits per heavy atom. The number of fused-ring (bicyclic) bond motifs is 3. The van der Waals surface area contributed by atoms with Crippen molar-refractivity contribution in [2.24, 2.45) is 11.3 Å². The van der Waals surface area contributed by atoms with Crippen molar-refractivity contribution in [2.75, 3.05) is 9.80 Å². The van der Waals surface area contributed by atoms with E-state index in [1.807, 2.05) is 0 Å². The lowest BCUT2D eigenvalue weighted by atomic mass is 9.82. The highest BCUT2D eigenvalue weighted by atomic mass is 16.3. The Kier molecular flexibility index (Phi) is 14.4. The SMILES string of the molecule is Cc1ccccc1-c1cccc(-c2cccc(N(C3=CCC=CC(C(C)(C)C)=C3)c3cc(C4CCCC4)c4ccc5c(N(c6cccc(C(C)C(C)C)c6)c6cccc7c6oc6c(-c8ccccc8)cccc67)cc(C6CCCC6)c6ccc3c4c65)c2O)c1. The van der Waals surface area contributed by atoms with Crippen molar-refractivity contribution < 1.29 is 9.52 Å². The van der Waals surface area contributed by atoms with Gasteiger partial charge in [0.1, 0.15) is 11.3 Å². The number of furan rings is 1. The van der Waals surface area contributed by atoms with Crippen molar-refractivity contribution in [1.29, 1.82) is 0 Å². The van der Waals surface area contributed by atoms with E-state index in [-0.39, 0.29) is 11.2 Å². The number of phenolic OH excluding ortho intramolecular Hbond substituents is 1. The van der Waals surface area contributed by atoms with Crippen LogP contribution in [0.5, 0.6) is 5.75 Å². The highest BCUT2D eigenvalue weighted by Crippen LogP contribution is 2.56. The van der Waals surface area contributed by atoms with E-state index in [0.29, 0.717) is 23.7 Å². The molecule has 0 aliphatic heterocycles. The molecule has 12 aromatic rings. The smallest absolute Gasteiger partial charge is 0.159 e.